The van der Waals surface area contributed by atoms with E-state index in [0.29, 0.717) is 15.6 Å². The van der Waals surface area contributed by atoms with Crippen molar-refractivity contribution in [1.29, 1.82) is 5.26 Å². The van der Waals surface area contributed by atoms with Crippen molar-refractivity contribution < 1.29 is 13.5 Å². The molecule has 0 aliphatic rings. The van der Waals surface area contributed by atoms with Gasteiger partial charge in [0.25, 0.3) is 0 Å². The molecule has 3 nitrogen and oxygen atoms in total. The Kier molecular flexibility index (Phi) is 3.82. The van der Waals surface area contributed by atoms with Gasteiger partial charge in [-0.25, -0.2) is 8.78 Å². The Bertz CT molecular complexity index is 973. The summed E-state index contributed by atoms with van der Waals surface area (Å²) >= 11 is 3.35. The number of aromatic amines is 1. The van der Waals surface area contributed by atoms with Crippen LogP contribution in [0.25, 0.3) is 10.9 Å². The highest BCUT2D eigenvalue weighted by Gasteiger charge is 2.19. The SMILES string of the molecule is Cc1cc(Oc2c(F)c(C)c3[nH]ccc3c2Br)cc(C#N)c1F. The summed E-state index contributed by atoms with van der Waals surface area (Å²) in [6.07, 6.45) is 1.71. The van der Waals surface area contributed by atoms with Gasteiger partial charge in [0, 0.05) is 23.2 Å². The zero-order valence-corrected chi connectivity index (χ0v) is 13.9. The van der Waals surface area contributed by atoms with Gasteiger partial charge in [-0.15, -0.1) is 0 Å². The van der Waals surface area contributed by atoms with Gasteiger partial charge in [0.2, 0.25) is 0 Å². The topological polar surface area (TPSA) is 48.8 Å². The molecular formula is C17H11BrF2N2O. The molecule has 1 N–H and O–H groups in total. The standard InChI is InChI=1S/C17H11BrF2N2O/c1-8-5-11(6-10(7-21)14(8)19)23-17-13(18)12-3-4-22-16(12)9(2)15(17)20/h3-6,22H,1-2H3. The molecule has 0 saturated heterocycles. The fourth-order valence-electron chi connectivity index (χ4n) is 2.45. The molecule has 1 heterocycles. The van der Waals surface area contributed by atoms with Gasteiger partial charge in [-0.1, -0.05) is 0 Å². The van der Waals surface area contributed by atoms with Crippen LogP contribution in [0.15, 0.2) is 28.9 Å². The number of halogens is 3. The number of hydrogen-bond acceptors (Lipinski definition) is 2. The number of benzene rings is 2. The van der Waals surface area contributed by atoms with Crippen LogP contribution >= 0.6 is 15.9 Å². The molecule has 0 aliphatic carbocycles. The van der Waals surface area contributed by atoms with Gasteiger partial charge in [-0.2, -0.15) is 5.26 Å². The van der Waals surface area contributed by atoms with Crippen LogP contribution in [0.3, 0.4) is 0 Å². The van der Waals surface area contributed by atoms with Crippen molar-refractivity contribution in [2.45, 2.75) is 13.8 Å². The summed E-state index contributed by atoms with van der Waals surface area (Å²) in [5.74, 6) is -0.914. The first-order valence-corrected chi connectivity index (χ1v) is 7.56. The number of nitriles is 1. The lowest BCUT2D eigenvalue weighted by atomic mass is 10.1. The summed E-state index contributed by atoms with van der Waals surface area (Å²) in [7, 11) is 0. The first-order chi connectivity index (χ1) is 10.9. The average Bonchev–Trinajstić information content (AvgIpc) is 3.02. The van der Waals surface area contributed by atoms with Crippen LogP contribution in [0.4, 0.5) is 8.78 Å². The van der Waals surface area contributed by atoms with Gasteiger partial charge in [0.15, 0.2) is 11.6 Å². The van der Waals surface area contributed by atoms with Gasteiger partial charge < -0.3 is 9.72 Å². The van der Waals surface area contributed by atoms with E-state index >= 15 is 0 Å². The molecule has 23 heavy (non-hydrogen) atoms. The van der Waals surface area contributed by atoms with E-state index < -0.39 is 11.6 Å². The van der Waals surface area contributed by atoms with Crippen molar-refractivity contribution >= 4 is 26.8 Å². The minimum atomic E-state index is -0.600. The minimum Gasteiger partial charge on any atom is -0.453 e. The predicted octanol–water partition coefficient (Wildman–Crippen LogP) is 5.49. The Morgan fingerprint density at radius 3 is 2.65 bits per heavy atom. The number of rotatable bonds is 2. The van der Waals surface area contributed by atoms with Crippen molar-refractivity contribution in [3.05, 3.63) is 57.2 Å². The summed E-state index contributed by atoms with van der Waals surface area (Å²) in [5, 5.41) is 9.74. The second kappa shape index (κ2) is 5.67. The molecule has 0 fully saturated rings. The molecule has 3 rings (SSSR count). The lowest BCUT2D eigenvalue weighted by Gasteiger charge is -2.13. The number of fused-ring (bicyclic) bond motifs is 1. The van der Waals surface area contributed by atoms with Crippen molar-refractivity contribution in [3.8, 4) is 17.6 Å². The van der Waals surface area contributed by atoms with Gasteiger partial charge in [-0.3, -0.25) is 0 Å². The highest BCUT2D eigenvalue weighted by atomic mass is 79.9. The number of hydrogen-bond donors (Lipinski definition) is 1. The number of ether oxygens (including phenoxy) is 1. The molecule has 0 saturated carbocycles. The fraction of sp³-hybridized carbons (Fsp3) is 0.118. The van der Waals surface area contributed by atoms with E-state index in [9.17, 15) is 8.78 Å². The number of nitrogens with one attached hydrogen (secondary N) is 1. The van der Waals surface area contributed by atoms with Gasteiger partial charge in [0.1, 0.15) is 17.6 Å². The third kappa shape index (κ3) is 2.47. The Morgan fingerprint density at radius 1 is 1.22 bits per heavy atom. The second-order valence-electron chi connectivity index (χ2n) is 5.16. The van der Waals surface area contributed by atoms with Crippen LogP contribution in [0.5, 0.6) is 11.5 Å². The van der Waals surface area contributed by atoms with Crippen LogP contribution in [-0.4, -0.2) is 4.98 Å². The zero-order chi connectivity index (χ0) is 16.7. The summed E-state index contributed by atoms with van der Waals surface area (Å²) in [5.41, 5.74) is 1.21. The van der Waals surface area contributed by atoms with E-state index in [2.05, 4.69) is 20.9 Å². The molecule has 0 bridgehead atoms. The van der Waals surface area contributed by atoms with Crippen LogP contribution in [0, 0.1) is 36.8 Å². The van der Waals surface area contributed by atoms with E-state index in [1.165, 1.54) is 19.1 Å². The Morgan fingerprint density at radius 2 is 1.96 bits per heavy atom. The normalized spacial score (nSPS) is 10.8. The third-order valence-electron chi connectivity index (χ3n) is 3.65. The molecular weight excluding hydrogens is 366 g/mol. The first-order valence-electron chi connectivity index (χ1n) is 6.76. The second-order valence-corrected chi connectivity index (χ2v) is 5.96. The molecule has 2 aromatic carbocycles. The summed E-state index contributed by atoms with van der Waals surface area (Å²) in [6.45, 7) is 3.17. The molecule has 0 amide bonds. The van der Waals surface area contributed by atoms with E-state index in [0.717, 1.165) is 5.39 Å². The molecule has 0 unspecified atom stereocenters. The van der Waals surface area contributed by atoms with Crippen molar-refractivity contribution in [2.75, 3.05) is 0 Å². The maximum absolute atomic E-state index is 14.6. The minimum absolute atomic E-state index is 0.00416. The number of aromatic nitrogens is 1. The smallest absolute Gasteiger partial charge is 0.178 e. The highest BCUT2D eigenvalue weighted by molar-refractivity contribution is 9.10. The Balaban J connectivity index is 2.16. The molecule has 0 radical (unpaired) electrons. The highest BCUT2D eigenvalue weighted by Crippen LogP contribution is 2.40. The first kappa shape index (κ1) is 15.5. The molecule has 0 spiro atoms. The fourth-order valence-corrected chi connectivity index (χ4v) is 3.03. The lowest BCUT2D eigenvalue weighted by molar-refractivity contribution is 0.436. The molecule has 6 heteroatoms. The summed E-state index contributed by atoms with van der Waals surface area (Å²) in [6, 6.07) is 6.25. The van der Waals surface area contributed by atoms with Crippen LogP contribution < -0.4 is 4.74 Å². The van der Waals surface area contributed by atoms with Gasteiger partial charge in [-0.05, 0) is 47.5 Å². The van der Waals surface area contributed by atoms with Crippen molar-refractivity contribution in [1.82, 2.24) is 4.98 Å². The Hall–Kier alpha value is -2.39. The van der Waals surface area contributed by atoms with Gasteiger partial charge >= 0.3 is 0 Å². The molecule has 0 aliphatic heterocycles. The lowest BCUT2D eigenvalue weighted by Crippen LogP contribution is -1.97. The molecule has 3 aromatic rings. The molecule has 116 valence electrons. The largest absolute Gasteiger partial charge is 0.453 e. The van der Waals surface area contributed by atoms with E-state index in [4.69, 9.17) is 10.00 Å². The number of H-pyrrole nitrogens is 1. The monoisotopic (exact) mass is 376 g/mol. The van der Waals surface area contributed by atoms with E-state index in [1.54, 1.807) is 25.3 Å². The van der Waals surface area contributed by atoms with Crippen molar-refractivity contribution in [2.24, 2.45) is 0 Å². The molecule has 0 atom stereocenters. The number of aryl methyl sites for hydroxylation is 2. The van der Waals surface area contributed by atoms with E-state index in [1.807, 2.05) is 0 Å². The maximum atomic E-state index is 14.6. The average molecular weight is 377 g/mol. The van der Waals surface area contributed by atoms with Gasteiger partial charge in [0.05, 0.1) is 15.6 Å². The quantitative estimate of drug-likeness (QED) is 0.642. The summed E-state index contributed by atoms with van der Waals surface area (Å²) in [4.78, 5) is 2.98. The van der Waals surface area contributed by atoms with Crippen LogP contribution in [0.1, 0.15) is 16.7 Å². The summed E-state index contributed by atoms with van der Waals surface area (Å²) < 4.78 is 34.4. The van der Waals surface area contributed by atoms with Crippen LogP contribution in [-0.2, 0) is 0 Å². The van der Waals surface area contributed by atoms with Crippen molar-refractivity contribution in [3.63, 3.8) is 0 Å². The van der Waals surface area contributed by atoms with Crippen LogP contribution in [0.2, 0.25) is 0 Å². The van der Waals surface area contributed by atoms with E-state index in [-0.39, 0.29) is 22.6 Å². The maximum Gasteiger partial charge on any atom is 0.178 e. The predicted molar refractivity (Wildman–Crippen MR) is 86.6 cm³/mol. The third-order valence-corrected chi connectivity index (χ3v) is 4.44. The zero-order valence-electron chi connectivity index (χ0n) is 12.3. The molecule has 1 aromatic heterocycles. The number of nitrogens with zero attached hydrogens (tertiary/aromatic N) is 1. The Labute approximate surface area is 139 Å².